The van der Waals surface area contributed by atoms with Crippen LogP contribution in [0.1, 0.15) is 20.3 Å². The fourth-order valence-corrected chi connectivity index (χ4v) is 0.473. The van der Waals surface area contributed by atoms with E-state index in [4.69, 9.17) is 5.26 Å². The molecule has 0 spiro atoms. The van der Waals surface area contributed by atoms with Crippen molar-refractivity contribution in [2.45, 2.75) is 20.3 Å². The zero-order valence-electron chi connectivity index (χ0n) is 6.47. The summed E-state index contributed by atoms with van der Waals surface area (Å²) in [6, 6.07) is 2.01. The highest BCUT2D eigenvalue weighted by Crippen LogP contribution is 2.18. The Morgan fingerprint density at radius 1 is 1.70 bits per heavy atom. The Morgan fingerprint density at radius 3 is 2.50 bits per heavy atom. The van der Waals surface area contributed by atoms with Crippen molar-refractivity contribution < 1.29 is 9.53 Å². The first-order chi connectivity index (χ1) is 4.52. The molecule has 56 valence electrons. The fraction of sp³-hybridized carbons (Fsp3) is 0.714. The van der Waals surface area contributed by atoms with E-state index in [0.29, 0.717) is 0 Å². The van der Waals surface area contributed by atoms with E-state index < -0.39 is 5.41 Å². The van der Waals surface area contributed by atoms with Gasteiger partial charge in [0.15, 0.2) is 0 Å². The molecule has 0 rings (SSSR count). The standard InChI is InChI=1S/C7H11NO2/c1-7(2,5-8)4-6(9)10-3/h4H2,1-3H3. The van der Waals surface area contributed by atoms with Crippen LogP contribution in [0.3, 0.4) is 0 Å². The lowest BCUT2D eigenvalue weighted by atomic mass is 9.92. The monoisotopic (exact) mass is 141 g/mol. The van der Waals surface area contributed by atoms with Crippen molar-refractivity contribution in [3.63, 3.8) is 0 Å². The van der Waals surface area contributed by atoms with Crippen molar-refractivity contribution in [3.8, 4) is 6.07 Å². The predicted octanol–water partition coefficient (Wildman–Crippen LogP) is 1.10. The third-order valence-corrected chi connectivity index (χ3v) is 1.12. The average molecular weight is 141 g/mol. The van der Waals surface area contributed by atoms with Crippen molar-refractivity contribution >= 4 is 5.97 Å². The average Bonchev–Trinajstić information content (AvgIpc) is 1.87. The topological polar surface area (TPSA) is 50.1 Å². The van der Waals surface area contributed by atoms with Gasteiger partial charge in [-0.2, -0.15) is 5.26 Å². The Kier molecular flexibility index (Phi) is 2.88. The first-order valence-electron chi connectivity index (χ1n) is 3.00. The highest BCUT2D eigenvalue weighted by atomic mass is 16.5. The van der Waals surface area contributed by atoms with Crippen molar-refractivity contribution in [2.75, 3.05) is 7.11 Å². The van der Waals surface area contributed by atoms with Gasteiger partial charge in [0.25, 0.3) is 0 Å². The molecule has 0 bridgehead atoms. The second-order valence-electron chi connectivity index (χ2n) is 2.75. The minimum atomic E-state index is -0.604. The van der Waals surface area contributed by atoms with E-state index in [0.717, 1.165) is 0 Å². The molecule has 0 atom stereocenters. The Hall–Kier alpha value is -1.04. The van der Waals surface area contributed by atoms with Crippen LogP contribution in [-0.2, 0) is 9.53 Å². The number of rotatable bonds is 2. The number of hydrogen-bond donors (Lipinski definition) is 0. The number of methoxy groups -OCH3 is 1. The quantitative estimate of drug-likeness (QED) is 0.541. The maximum Gasteiger partial charge on any atom is 0.307 e. The Labute approximate surface area is 60.6 Å². The molecule has 0 saturated carbocycles. The summed E-state index contributed by atoms with van der Waals surface area (Å²) in [6.45, 7) is 3.40. The lowest BCUT2D eigenvalue weighted by Crippen LogP contribution is -2.15. The molecule has 0 unspecified atom stereocenters. The van der Waals surface area contributed by atoms with Crippen LogP contribution in [0.15, 0.2) is 0 Å². The number of esters is 1. The van der Waals surface area contributed by atoms with E-state index in [2.05, 4.69) is 4.74 Å². The Morgan fingerprint density at radius 2 is 2.20 bits per heavy atom. The van der Waals surface area contributed by atoms with Crippen LogP contribution in [-0.4, -0.2) is 13.1 Å². The van der Waals surface area contributed by atoms with Crippen molar-refractivity contribution in [1.82, 2.24) is 0 Å². The molecule has 0 radical (unpaired) electrons. The largest absolute Gasteiger partial charge is 0.469 e. The molecule has 0 aliphatic carbocycles. The molecule has 0 aromatic carbocycles. The van der Waals surface area contributed by atoms with Crippen molar-refractivity contribution in [1.29, 1.82) is 5.26 Å². The van der Waals surface area contributed by atoms with E-state index in [-0.39, 0.29) is 12.4 Å². The van der Waals surface area contributed by atoms with Crippen LogP contribution in [0.2, 0.25) is 0 Å². The molecule has 0 amide bonds. The summed E-state index contributed by atoms with van der Waals surface area (Å²) in [5.74, 6) is -0.341. The second-order valence-corrected chi connectivity index (χ2v) is 2.75. The molecular weight excluding hydrogens is 130 g/mol. The number of carbonyl (C=O) groups excluding carboxylic acids is 1. The molecular formula is C7H11NO2. The summed E-state index contributed by atoms with van der Waals surface area (Å²) < 4.78 is 4.40. The van der Waals surface area contributed by atoms with Crippen LogP contribution >= 0.6 is 0 Å². The summed E-state index contributed by atoms with van der Waals surface area (Å²) in [7, 11) is 1.32. The van der Waals surface area contributed by atoms with Gasteiger partial charge in [0, 0.05) is 0 Å². The van der Waals surface area contributed by atoms with Crippen LogP contribution in [0.5, 0.6) is 0 Å². The molecule has 0 aromatic heterocycles. The molecule has 0 aliphatic rings. The highest BCUT2D eigenvalue weighted by molar-refractivity contribution is 5.70. The third-order valence-electron chi connectivity index (χ3n) is 1.12. The maximum atomic E-state index is 10.6. The van der Waals surface area contributed by atoms with Crippen molar-refractivity contribution in [3.05, 3.63) is 0 Å². The molecule has 10 heavy (non-hydrogen) atoms. The van der Waals surface area contributed by atoms with Gasteiger partial charge in [-0.15, -0.1) is 0 Å². The lowest BCUT2D eigenvalue weighted by Gasteiger charge is -2.11. The van der Waals surface area contributed by atoms with Gasteiger partial charge in [-0.3, -0.25) is 4.79 Å². The SMILES string of the molecule is COC(=O)CC(C)(C)C#N. The van der Waals surface area contributed by atoms with Gasteiger partial charge in [0.2, 0.25) is 0 Å². The number of ether oxygens (including phenoxy) is 1. The Bertz CT molecular complexity index is 167. The highest BCUT2D eigenvalue weighted by Gasteiger charge is 2.21. The van der Waals surface area contributed by atoms with E-state index in [1.165, 1.54) is 7.11 Å². The Balaban J connectivity index is 3.92. The smallest absolute Gasteiger partial charge is 0.307 e. The van der Waals surface area contributed by atoms with Gasteiger partial charge >= 0.3 is 5.97 Å². The molecule has 0 aromatic rings. The van der Waals surface area contributed by atoms with Gasteiger partial charge in [0.05, 0.1) is 25.0 Å². The molecule has 0 fully saturated rings. The summed E-state index contributed by atoms with van der Waals surface area (Å²) >= 11 is 0. The predicted molar refractivity (Wildman–Crippen MR) is 36.0 cm³/mol. The maximum absolute atomic E-state index is 10.6. The first-order valence-corrected chi connectivity index (χ1v) is 3.00. The van der Waals surface area contributed by atoms with Gasteiger partial charge < -0.3 is 4.74 Å². The third kappa shape index (κ3) is 3.08. The summed E-state index contributed by atoms with van der Waals surface area (Å²) in [5.41, 5.74) is -0.604. The van der Waals surface area contributed by atoms with Crippen molar-refractivity contribution in [2.24, 2.45) is 5.41 Å². The fourth-order valence-electron chi connectivity index (χ4n) is 0.473. The van der Waals surface area contributed by atoms with E-state index in [1.54, 1.807) is 13.8 Å². The first kappa shape index (κ1) is 8.96. The molecule has 3 nitrogen and oxygen atoms in total. The number of nitriles is 1. The van der Waals surface area contributed by atoms with Gasteiger partial charge in [-0.05, 0) is 13.8 Å². The van der Waals surface area contributed by atoms with Crippen LogP contribution in [0.25, 0.3) is 0 Å². The number of nitrogens with zero attached hydrogens (tertiary/aromatic N) is 1. The minimum absolute atomic E-state index is 0.153. The van der Waals surface area contributed by atoms with Crippen LogP contribution in [0.4, 0.5) is 0 Å². The normalized spacial score (nSPS) is 10.2. The van der Waals surface area contributed by atoms with E-state index in [1.807, 2.05) is 6.07 Å². The van der Waals surface area contributed by atoms with E-state index >= 15 is 0 Å². The molecule has 0 N–H and O–H groups in total. The molecule has 0 heterocycles. The minimum Gasteiger partial charge on any atom is -0.469 e. The van der Waals surface area contributed by atoms with Crippen LogP contribution < -0.4 is 0 Å². The molecule has 0 saturated heterocycles. The molecule has 0 aliphatic heterocycles. The molecule has 3 heteroatoms. The summed E-state index contributed by atoms with van der Waals surface area (Å²) in [4.78, 5) is 10.6. The summed E-state index contributed by atoms with van der Waals surface area (Å²) in [6.07, 6.45) is 0.153. The van der Waals surface area contributed by atoms with Gasteiger partial charge in [0.1, 0.15) is 0 Å². The second kappa shape index (κ2) is 3.21. The van der Waals surface area contributed by atoms with Gasteiger partial charge in [-0.25, -0.2) is 0 Å². The number of hydrogen-bond acceptors (Lipinski definition) is 3. The summed E-state index contributed by atoms with van der Waals surface area (Å²) in [5, 5.41) is 8.48. The number of carbonyl (C=O) groups is 1. The zero-order valence-corrected chi connectivity index (χ0v) is 6.47. The van der Waals surface area contributed by atoms with Crippen LogP contribution in [0, 0.1) is 16.7 Å². The zero-order chi connectivity index (χ0) is 8.20. The lowest BCUT2D eigenvalue weighted by molar-refractivity contribution is -0.142. The van der Waals surface area contributed by atoms with E-state index in [9.17, 15) is 4.79 Å². The van der Waals surface area contributed by atoms with Gasteiger partial charge in [-0.1, -0.05) is 0 Å².